The third-order valence-electron chi connectivity index (χ3n) is 2.71. The summed E-state index contributed by atoms with van der Waals surface area (Å²) >= 11 is 0. The first-order chi connectivity index (χ1) is 6.77. The quantitative estimate of drug-likeness (QED) is 0.523. The minimum Gasteiger partial charge on any atom is -0.283 e. The summed E-state index contributed by atoms with van der Waals surface area (Å²) in [5, 5.41) is 2.29. The Balaban J connectivity index is 2.80. The maximum atomic E-state index is 11.6. The highest BCUT2D eigenvalue weighted by molar-refractivity contribution is 5.97. The first kappa shape index (κ1) is 7.56. The molecule has 2 heterocycles. The molecule has 0 unspecified atom stereocenters. The van der Waals surface area contributed by atoms with Gasteiger partial charge in [0.15, 0.2) is 0 Å². The van der Waals surface area contributed by atoms with E-state index in [-0.39, 0.29) is 5.56 Å². The van der Waals surface area contributed by atoms with Gasteiger partial charge in [-0.15, -0.1) is 0 Å². The summed E-state index contributed by atoms with van der Waals surface area (Å²) in [6.07, 6.45) is 1.83. The van der Waals surface area contributed by atoms with Crippen LogP contribution in [0.4, 0.5) is 0 Å². The van der Waals surface area contributed by atoms with Crippen LogP contribution < -0.4 is 5.56 Å². The lowest BCUT2D eigenvalue weighted by Gasteiger charge is -2.02. The van der Waals surface area contributed by atoms with Gasteiger partial charge in [0.1, 0.15) is 0 Å². The van der Waals surface area contributed by atoms with Crippen molar-refractivity contribution in [2.75, 3.05) is 0 Å². The van der Waals surface area contributed by atoms with E-state index in [9.17, 15) is 4.79 Å². The molecule has 0 saturated heterocycles. The van der Waals surface area contributed by atoms with Gasteiger partial charge in [-0.05, 0) is 18.6 Å². The van der Waals surface area contributed by atoms with Crippen LogP contribution in [0.25, 0.3) is 16.3 Å². The van der Waals surface area contributed by atoms with Gasteiger partial charge in [-0.25, -0.2) is 0 Å². The largest absolute Gasteiger partial charge is 0.283 e. The number of nitrogens with zero attached hydrogens (tertiary/aromatic N) is 1. The van der Waals surface area contributed by atoms with Crippen molar-refractivity contribution in [2.24, 2.45) is 0 Å². The van der Waals surface area contributed by atoms with E-state index in [1.54, 1.807) is 10.5 Å². The first-order valence-corrected chi connectivity index (χ1v) is 4.60. The lowest BCUT2D eigenvalue weighted by atomic mass is 10.1. The normalized spacial score (nSPS) is 11.5. The van der Waals surface area contributed by atoms with Crippen molar-refractivity contribution in [3.63, 3.8) is 0 Å². The zero-order valence-corrected chi connectivity index (χ0v) is 7.82. The van der Waals surface area contributed by atoms with Crippen LogP contribution in [-0.4, -0.2) is 4.40 Å². The van der Waals surface area contributed by atoms with E-state index in [1.807, 2.05) is 31.3 Å². The molecule has 0 spiro atoms. The molecule has 1 aromatic carbocycles. The van der Waals surface area contributed by atoms with Crippen molar-refractivity contribution in [3.8, 4) is 0 Å². The van der Waals surface area contributed by atoms with Crippen molar-refractivity contribution in [2.45, 2.75) is 6.92 Å². The predicted octanol–water partition coefficient (Wildman–Crippen LogP) is 2.20. The molecule has 0 fully saturated rings. The zero-order chi connectivity index (χ0) is 9.71. The van der Waals surface area contributed by atoms with E-state index in [0.29, 0.717) is 0 Å². The molecule has 0 amide bonds. The molecule has 2 heteroatoms. The molecular formula is C12H9NO. The summed E-state index contributed by atoms with van der Waals surface area (Å²) in [4.78, 5) is 11.6. The monoisotopic (exact) mass is 183 g/mol. The Labute approximate surface area is 80.7 Å². The van der Waals surface area contributed by atoms with Crippen molar-refractivity contribution < 1.29 is 0 Å². The second-order valence-electron chi connectivity index (χ2n) is 3.59. The topological polar surface area (TPSA) is 21.5 Å². The van der Waals surface area contributed by atoms with Crippen LogP contribution in [0, 0.1) is 6.92 Å². The van der Waals surface area contributed by atoms with Gasteiger partial charge < -0.3 is 0 Å². The van der Waals surface area contributed by atoms with Gasteiger partial charge in [-0.1, -0.05) is 18.2 Å². The van der Waals surface area contributed by atoms with Gasteiger partial charge in [-0.3, -0.25) is 9.20 Å². The number of aromatic nitrogens is 1. The summed E-state index contributed by atoms with van der Waals surface area (Å²) in [5.74, 6) is 0. The zero-order valence-electron chi connectivity index (χ0n) is 7.82. The van der Waals surface area contributed by atoms with Crippen LogP contribution in [0.5, 0.6) is 0 Å². The van der Waals surface area contributed by atoms with Gasteiger partial charge in [-0.2, -0.15) is 0 Å². The van der Waals surface area contributed by atoms with Crippen LogP contribution in [0.2, 0.25) is 0 Å². The number of hydrogen-bond acceptors (Lipinski definition) is 1. The Bertz CT molecular complexity index is 666. The minimum absolute atomic E-state index is 0.0520. The molecule has 2 aromatic heterocycles. The molecule has 0 saturated carbocycles. The molecule has 3 rings (SSSR count). The van der Waals surface area contributed by atoms with Gasteiger partial charge in [0.25, 0.3) is 5.56 Å². The predicted molar refractivity (Wildman–Crippen MR) is 57.1 cm³/mol. The minimum atomic E-state index is 0.0520. The van der Waals surface area contributed by atoms with E-state index in [1.165, 1.54) is 0 Å². The molecule has 0 N–H and O–H groups in total. The van der Waals surface area contributed by atoms with E-state index in [4.69, 9.17) is 0 Å². The fourth-order valence-electron chi connectivity index (χ4n) is 2.03. The van der Waals surface area contributed by atoms with E-state index < -0.39 is 0 Å². The van der Waals surface area contributed by atoms with Crippen molar-refractivity contribution in [3.05, 3.63) is 52.4 Å². The molecule has 0 aliphatic rings. The summed E-state index contributed by atoms with van der Waals surface area (Å²) in [6, 6.07) is 9.76. The van der Waals surface area contributed by atoms with Crippen LogP contribution in [0.1, 0.15) is 5.56 Å². The highest BCUT2D eigenvalue weighted by Gasteiger charge is 2.06. The van der Waals surface area contributed by atoms with Crippen molar-refractivity contribution >= 4 is 16.3 Å². The Morgan fingerprint density at radius 1 is 1.21 bits per heavy atom. The van der Waals surface area contributed by atoms with Gasteiger partial charge in [0.05, 0.1) is 5.52 Å². The molecule has 0 radical (unpaired) electrons. The van der Waals surface area contributed by atoms with Crippen LogP contribution in [-0.2, 0) is 0 Å². The maximum absolute atomic E-state index is 11.6. The highest BCUT2D eigenvalue weighted by atomic mass is 16.1. The van der Waals surface area contributed by atoms with Crippen LogP contribution >= 0.6 is 0 Å². The lowest BCUT2D eigenvalue weighted by Crippen LogP contribution is -2.10. The molecule has 14 heavy (non-hydrogen) atoms. The highest BCUT2D eigenvalue weighted by Crippen LogP contribution is 2.22. The molecule has 0 bridgehead atoms. The summed E-state index contributed by atoms with van der Waals surface area (Å²) in [6.45, 7) is 1.98. The summed E-state index contributed by atoms with van der Waals surface area (Å²) < 4.78 is 1.71. The number of aryl methyl sites for hydroxylation is 1. The van der Waals surface area contributed by atoms with E-state index in [2.05, 4.69) is 6.07 Å². The molecule has 0 aliphatic carbocycles. The molecule has 0 aliphatic heterocycles. The van der Waals surface area contributed by atoms with Crippen LogP contribution in [0.3, 0.4) is 0 Å². The second-order valence-corrected chi connectivity index (χ2v) is 3.59. The SMILES string of the molecule is Cc1cc(=O)n2ccc3cccc1c32. The van der Waals surface area contributed by atoms with Gasteiger partial charge >= 0.3 is 0 Å². The maximum Gasteiger partial charge on any atom is 0.255 e. The van der Waals surface area contributed by atoms with Gasteiger partial charge in [0, 0.05) is 23.0 Å². The first-order valence-electron chi connectivity index (χ1n) is 4.60. The Morgan fingerprint density at radius 2 is 2.07 bits per heavy atom. The summed E-state index contributed by atoms with van der Waals surface area (Å²) in [7, 11) is 0. The molecule has 68 valence electrons. The number of pyridine rings is 1. The van der Waals surface area contributed by atoms with Crippen molar-refractivity contribution in [1.29, 1.82) is 0 Å². The number of rotatable bonds is 0. The average molecular weight is 183 g/mol. The molecule has 2 nitrogen and oxygen atoms in total. The fourth-order valence-corrected chi connectivity index (χ4v) is 2.03. The van der Waals surface area contributed by atoms with E-state index >= 15 is 0 Å². The van der Waals surface area contributed by atoms with Crippen LogP contribution in [0.15, 0.2) is 41.3 Å². The molecular weight excluding hydrogens is 174 g/mol. The molecule has 0 atom stereocenters. The van der Waals surface area contributed by atoms with Gasteiger partial charge in [0.2, 0.25) is 0 Å². The standard InChI is InChI=1S/C12H9NO/c1-8-7-11(14)13-6-5-9-3-2-4-10(8)12(9)13/h2-7H,1H3. The molecule has 3 aromatic rings. The van der Waals surface area contributed by atoms with Crippen molar-refractivity contribution in [1.82, 2.24) is 4.40 Å². The number of hydrogen-bond donors (Lipinski definition) is 0. The third-order valence-corrected chi connectivity index (χ3v) is 2.71. The third kappa shape index (κ3) is 0.777. The summed E-state index contributed by atoms with van der Waals surface area (Å²) in [5.41, 5.74) is 2.14. The average Bonchev–Trinajstić information content (AvgIpc) is 2.59. The van der Waals surface area contributed by atoms with E-state index in [0.717, 1.165) is 21.9 Å². The Kier molecular flexibility index (Phi) is 1.27. The second kappa shape index (κ2) is 2.35. The number of benzene rings is 1. The lowest BCUT2D eigenvalue weighted by molar-refractivity contribution is 1.12. The smallest absolute Gasteiger partial charge is 0.255 e. The Hall–Kier alpha value is -1.83. The number of para-hydroxylation sites is 1. The Morgan fingerprint density at radius 3 is 2.93 bits per heavy atom. The fraction of sp³-hybridized carbons (Fsp3) is 0.0833.